The lowest BCUT2D eigenvalue weighted by Gasteiger charge is -1.98. The first-order valence-electron chi connectivity index (χ1n) is 3.79. The number of hydrogen-bond donors (Lipinski definition) is 2. The molecule has 1 aromatic rings. The smallest absolute Gasteiger partial charge is 0.0555 e. The van der Waals surface area contributed by atoms with Gasteiger partial charge >= 0.3 is 0 Å². The highest BCUT2D eigenvalue weighted by molar-refractivity contribution is 5.56. The van der Waals surface area contributed by atoms with Crippen LogP contribution in [-0.2, 0) is 0 Å². The highest BCUT2D eigenvalue weighted by Crippen LogP contribution is 2.11. The molecule has 12 heavy (non-hydrogen) atoms. The Kier molecular flexibility index (Phi) is 2.73. The van der Waals surface area contributed by atoms with Crippen molar-refractivity contribution in [3.05, 3.63) is 29.3 Å². The van der Waals surface area contributed by atoms with Crippen LogP contribution in [0.2, 0.25) is 0 Å². The Labute approximate surface area is 72.6 Å². The molecule has 0 unspecified atom stereocenters. The molecule has 4 N–H and O–H groups in total. The van der Waals surface area contributed by atoms with Crippen LogP contribution in [0.1, 0.15) is 11.1 Å². The number of benzene rings is 1. The molecule has 0 heterocycles. The van der Waals surface area contributed by atoms with E-state index in [1.807, 2.05) is 25.1 Å². The molecule has 62 valence electrons. The normalized spacial score (nSPS) is 8.83. The zero-order valence-electron chi connectivity index (χ0n) is 7.09. The van der Waals surface area contributed by atoms with E-state index in [1.165, 1.54) is 0 Å². The molecule has 0 saturated heterocycles. The first kappa shape index (κ1) is 8.63. The summed E-state index contributed by atoms with van der Waals surface area (Å²) < 4.78 is 0. The summed E-state index contributed by atoms with van der Waals surface area (Å²) in [5.41, 5.74) is 13.7. The third-order valence-corrected chi connectivity index (χ3v) is 1.53. The van der Waals surface area contributed by atoms with Crippen LogP contribution in [0.4, 0.5) is 5.69 Å². The monoisotopic (exact) mass is 160 g/mol. The van der Waals surface area contributed by atoms with Gasteiger partial charge in [-0.1, -0.05) is 17.9 Å². The minimum atomic E-state index is 0.368. The molecule has 0 aliphatic heterocycles. The van der Waals surface area contributed by atoms with E-state index in [0.717, 1.165) is 11.1 Å². The number of nitrogen functional groups attached to an aromatic ring is 1. The molecule has 0 radical (unpaired) electrons. The first-order chi connectivity index (χ1) is 5.74. The average molecular weight is 160 g/mol. The lowest BCUT2D eigenvalue weighted by atomic mass is 10.1. The Hall–Kier alpha value is -1.46. The summed E-state index contributed by atoms with van der Waals surface area (Å²) in [7, 11) is 0. The maximum atomic E-state index is 5.69. The molecule has 0 atom stereocenters. The van der Waals surface area contributed by atoms with E-state index in [4.69, 9.17) is 11.5 Å². The highest BCUT2D eigenvalue weighted by atomic mass is 14.6. The lowest BCUT2D eigenvalue weighted by molar-refractivity contribution is 1.30. The predicted octanol–water partition coefficient (Wildman–Crippen LogP) is 0.887. The van der Waals surface area contributed by atoms with Crippen molar-refractivity contribution in [3.63, 3.8) is 0 Å². The van der Waals surface area contributed by atoms with Gasteiger partial charge in [0.15, 0.2) is 0 Å². The van der Waals surface area contributed by atoms with Gasteiger partial charge in [0.1, 0.15) is 0 Å². The molecule has 2 heteroatoms. The summed E-state index contributed by atoms with van der Waals surface area (Å²) in [6.07, 6.45) is 0. The van der Waals surface area contributed by atoms with E-state index in [1.54, 1.807) is 0 Å². The second-order valence-electron chi connectivity index (χ2n) is 2.60. The summed E-state index contributed by atoms with van der Waals surface area (Å²) in [5, 5.41) is 0. The van der Waals surface area contributed by atoms with Gasteiger partial charge in [-0.25, -0.2) is 0 Å². The largest absolute Gasteiger partial charge is 0.398 e. The number of hydrogen-bond acceptors (Lipinski definition) is 2. The summed E-state index contributed by atoms with van der Waals surface area (Å²) in [6.45, 7) is 2.38. The van der Waals surface area contributed by atoms with E-state index in [9.17, 15) is 0 Å². The van der Waals surface area contributed by atoms with E-state index in [2.05, 4.69) is 11.8 Å². The molecular formula is C10H12N2. The maximum absolute atomic E-state index is 5.69. The van der Waals surface area contributed by atoms with Gasteiger partial charge in [-0.15, -0.1) is 0 Å². The molecule has 0 aromatic heterocycles. The fourth-order valence-corrected chi connectivity index (χ4v) is 0.925. The second-order valence-corrected chi connectivity index (χ2v) is 2.60. The number of aryl methyl sites for hydroxylation is 1. The fraction of sp³-hybridized carbons (Fsp3) is 0.200. The van der Waals surface area contributed by atoms with Crippen molar-refractivity contribution < 1.29 is 0 Å². The van der Waals surface area contributed by atoms with Crippen molar-refractivity contribution in [3.8, 4) is 11.8 Å². The summed E-state index contributed by atoms with van der Waals surface area (Å²) in [6, 6.07) is 5.77. The lowest BCUT2D eigenvalue weighted by Crippen LogP contribution is -1.95. The third-order valence-electron chi connectivity index (χ3n) is 1.53. The fourth-order valence-electron chi connectivity index (χ4n) is 0.925. The van der Waals surface area contributed by atoms with Crippen LogP contribution in [-0.4, -0.2) is 6.54 Å². The first-order valence-corrected chi connectivity index (χ1v) is 3.79. The molecule has 0 saturated carbocycles. The van der Waals surface area contributed by atoms with Gasteiger partial charge in [-0.2, -0.15) is 0 Å². The number of rotatable bonds is 0. The van der Waals surface area contributed by atoms with Crippen molar-refractivity contribution in [2.75, 3.05) is 12.3 Å². The zero-order chi connectivity index (χ0) is 8.97. The summed E-state index contributed by atoms with van der Waals surface area (Å²) >= 11 is 0. The number of nitrogens with two attached hydrogens (primary N) is 2. The molecule has 0 fully saturated rings. The molecule has 0 aliphatic carbocycles. The van der Waals surface area contributed by atoms with Crippen molar-refractivity contribution >= 4 is 5.69 Å². The van der Waals surface area contributed by atoms with Crippen LogP contribution >= 0.6 is 0 Å². The van der Waals surface area contributed by atoms with E-state index < -0.39 is 0 Å². The SMILES string of the molecule is Cc1ccc(N)c(C#CCN)c1. The van der Waals surface area contributed by atoms with Gasteiger partial charge in [0.05, 0.1) is 6.54 Å². The Morgan fingerprint density at radius 1 is 1.42 bits per heavy atom. The molecule has 0 aliphatic rings. The van der Waals surface area contributed by atoms with Gasteiger partial charge < -0.3 is 11.5 Å². The van der Waals surface area contributed by atoms with Gasteiger partial charge in [-0.05, 0) is 24.6 Å². The van der Waals surface area contributed by atoms with Gasteiger partial charge in [0.2, 0.25) is 0 Å². The maximum Gasteiger partial charge on any atom is 0.0555 e. The van der Waals surface area contributed by atoms with Gasteiger partial charge in [-0.3, -0.25) is 0 Å². The number of anilines is 1. The highest BCUT2D eigenvalue weighted by Gasteiger charge is 1.93. The van der Waals surface area contributed by atoms with Crippen LogP contribution in [0.25, 0.3) is 0 Å². The van der Waals surface area contributed by atoms with E-state index in [-0.39, 0.29) is 0 Å². The van der Waals surface area contributed by atoms with Crippen LogP contribution < -0.4 is 11.5 Å². The second kappa shape index (κ2) is 3.80. The van der Waals surface area contributed by atoms with Crippen LogP contribution in [0, 0.1) is 18.8 Å². The zero-order valence-corrected chi connectivity index (χ0v) is 7.09. The van der Waals surface area contributed by atoms with E-state index >= 15 is 0 Å². The average Bonchev–Trinajstić information content (AvgIpc) is 2.07. The van der Waals surface area contributed by atoms with Crippen molar-refractivity contribution in [2.45, 2.75) is 6.92 Å². The Bertz CT molecular complexity index is 331. The third kappa shape index (κ3) is 2.01. The predicted molar refractivity (Wildman–Crippen MR) is 51.5 cm³/mol. The van der Waals surface area contributed by atoms with Crippen molar-refractivity contribution in [1.29, 1.82) is 0 Å². The molecule has 0 bridgehead atoms. The van der Waals surface area contributed by atoms with Gasteiger partial charge in [0, 0.05) is 11.3 Å². The minimum Gasteiger partial charge on any atom is -0.398 e. The Morgan fingerprint density at radius 2 is 2.17 bits per heavy atom. The quantitative estimate of drug-likeness (QED) is 0.437. The summed E-state index contributed by atoms with van der Waals surface area (Å²) in [5.74, 6) is 5.68. The van der Waals surface area contributed by atoms with Crippen LogP contribution in [0.15, 0.2) is 18.2 Å². The van der Waals surface area contributed by atoms with Gasteiger partial charge in [0.25, 0.3) is 0 Å². The molecule has 2 nitrogen and oxygen atoms in total. The van der Waals surface area contributed by atoms with Crippen molar-refractivity contribution in [1.82, 2.24) is 0 Å². The standard InChI is InChI=1S/C10H12N2/c1-8-4-5-10(12)9(7-8)3-2-6-11/h4-5,7H,6,11-12H2,1H3. The van der Waals surface area contributed by atoms with E-state index in [0.29, 0.717) is 12.2 Å². The van der Waals surface area contributed by atoms with Crippen LogP contribution in [0.3, 0.4) is 0 Å². The molecule has 1 aromatic carbocycles. The van der Waals surface area contributed by atoms with Crippen LogP contribution in [0.5, 0.6) is 0 Å². The molecule has 0 spiro atoms. The molecule has 1 rings (SSSR count). The minimum absolute atomic E-state index is 0.368. The molecule has 0 amide bonds. The van der Waals surface area contributed by atoms with Crippen molar-refractivity contribution in [2.24, 2.45) is 5.73 Å². The summed E-state index contributed by atoms with van der Waals surface area (Å²) in [4.78, 5) is 0. The topological polar surface area (TPSA) is 52.0 Å². The molecular weight excluding hydrogens is 148 g/mol. The Balaban J connectivity index is 3.05. The Morgan fingerprint density at radius 3 is 2.83 bits per heavy atom.